The molecule has 0 N–H and O–H groups in total. The van der Waals surface area contributed by atoms with Gasteiger partial charge in [-0.1, -0.05) is 0 Å². The number of hydrogen-bond acceptors (Lipinski definition) is 8. The summed E-state index contributed by atoms with van der Waals surface area (Å²) in [6.07, 6.45) is 0. The second kappa shape index (κ2) is 8.89. The van der Waals surface area contributed by atoms with Crippen LogP contribution in [0.4, 0.5) is 0 Å². The molecule has 0 aromatic carbocycles. The Balaban J connectivity index is -0.0000000457. The van der Waals surface area contributed by atoms with Gasteiger partial charge in [-0.25, -0.2) is 0 Å². The van der Waals surface area contributed by atoms with Crippen LogP contribution in [-0.2, 0) is 68.1 Å². The molecular weight excluding hydrogens is 467 g/mol. The fourth-order valence-electron chi connectivity index (χ4n) is 0. The molecule has 0 aliphatic carbocycles. The van der Waals surface area contributed by atoms with E-state index in [0.29, 0.717) is 0 Å². The van der Waals surface area contributed by atoms with Gasteiger partial charge in [-0.05, 0) is 0 Å². The molecule has 0 bridgehead atoms. The molecule has 8 nitrogen and oxygen atoms in total. The summed E-state index contributed by atoms with van der Waals surface area (Å²) in [6.45, 7) is 0. The normalized spacial score (nSPS) is 9.67. The first-order valence-electron chi connectivity index (χ1n) is 1.33. The van der Waals surface area contributed by atoms with Crippen molar-refractivity contribution in [3.8, 4) is 0 Å². The molecule has 0 radical (unpaired) electrons. The molecule has 0 atom stereocenters. The van der Waals surface area contributed by atoms with E-state index in [1.165, 1.54) is 0 Å². The Kier molecular flexibility index (Phi) is 17.2. The molecule has 0 rings (SSSR count). The quantitative estimate of drug-likeness (QED) is 0.275. The van der Waals surface area contributed by atoms with E-state index in [9.17, 15) is 0 Å². The van der Waals surface area contributed by atoms with E-state index in [2.05, 4.69) is 0 Å². The third kappa shape index (κ3) is 699. The molecule has 0 unspecified atom stereocenters. The zero-order valence-electron chi connectivity index (χ0n) is 4.99. The van der Waals surface area contributed by atoms with Gasteiger partial charge in [-0.15, -0.1) is 0 Å². The molecular formula is O8S2WZr. The third-order valence-electron chi connectivity index (χ3n) is 0. The van der Waals surface area contributed by atoms with Crippen molar-refractivity contribution in [1.29, 1.82) is 0 Å². The van der Waals surface area contributed by atoms with Crippen LogP contribution in [0.1, 0.15) is 0 Å². The zero-order chi connectivity index (χ0) is 9.00. The molecule has 12 heteroatoms. The van der Waals surface area contributed by atoms with Crippen LogP contribution < -0.4 is 0 Å². The molecule has 0 aliphatic heterocycles. The van der Waals surface area contributed by atoms with E-state index < -0.39 is 20.8 Å². The van der Waals surface area contributed by atoms with Crippen molar-refractivity contribution < 1.29 is 82.3 Å². The van der Waals surface area contributed by atoms with Gasteiger partial charge in [0.2, 0.25) is 0 Å². The van der Waals surface area contributed by atoms with Crippen molar-refractivity contribution in [2.45, 2.75) is 0 Å². The fourth-order valence-corrected chi connectivity index (χ4v) is 0. The molecule has 0 aromatic rings. The maximum absolute atomic E-state index is 8.52. The second-order valence-corrected chi connectivity index (χ2v) is 2.45. The minimum atomic E-state index is -5.17. The average molecular weight is 467 g/mol. The summed E-state index contributed by atoms with van der Waals surface area (Å²) >= 11 is 0. The van der Waals surface area contributed by atoms with Gasteiger partial charge >= 0.3 is 26.2 Å². The first-order chi connectivity index (χ1) is 4.00. The second-order valence-electron chi connectivity index (χ2n) is 0.816. The molecule has 0 fully saturated rings. The maximum atomic E-state index is 8.52. The first kappa shape index (κ1) is 23.3. The minimum absolute atomic E-state index is 0. The standard InChI is InChI=1S/2H2O4S.W.Zr/c2*1-5(2,3)4;;/h2*(H2,1,2,3,4);;/q;;;+4/p-4. The van der Waals surface area contributed by atoms with E-state index in [4.69, 9.17) is 35.0 Å². The summed E-state index contributed by atoms with van der Waals surface area (Å²) in [4.78, 5) is 0. The molecule has 0 aliphatic rings. The van der Waals surface area contributed by atoms with Crippen molar-refractivity contribution in [3.63, 3.8) is 0 Å². The van der Waals surface area contributed by atoms with Crippen LogP contribution in [0.25, 0.3) is 0 Å². The molecule has 0 aromatic heterocycles. The van der Waals surface area contributed by atoms with E-state index in [-0.39, 0.29) is 47.3 Å². The third-order valence-corrected chi connectivity index (χ3v) is 0. The summed E-state index contributed by atoms with van der Waals surface area (Å²) in [5, 5.41) is 0. The Hall–Kier alpha value is 1.31. The predicted molar refractivity (Wildman–Crippen MR) is 20.9 cm³/mol. The van der Waals surface area contributed by atoms with Crippen molar-refractivity contribution in [2.75, 3.05) is 0 Å². The van der Waals surface area contributed by atoms with Crippen LogP contribution in [0.15, 0.2) is 0 Å². The average Bonchev–Trinajstić information content (AvgIpc) is 1.12. The van der Waals surface area contributed by atoms with Crippen LogP contribution in [0.2, 0.25) is 0 Å². The van der Waals surface area contributed by atoms with Gasteiger partial charge in [0.1, 0.15) is 0 Å². The van der Waals surface area contributed by atoms with Gasteiger partial charge in [-0.3, -0.25) is 16.8 Å². The smallest absolute Gasteiger partial charge is 0.759 e. The number of hydrogen-bond donors (Lipinski definition) is 0. The molecule has 0 heterocycles. The van der Waals surface area contributed by atoms with Crippen LogP contribution in [0.3, 0.4) is 0 Å². The van der Waals surface area contributed by atoms with E-state index in [1.54, 1.807) is 0 Å². The van der Waals surface area contributed by atoms with Gasteiger partial charge < -0.3 is 18.2 Å². The van der Waals surface area contributed by atoms with Crippen LogP contribution in [-0.4, -0.2) is 35.0 Å². The molecule has 70 valence electrons. The van der Waals surface area contributed by atoms with Crippen molar-refractivity contribution in [2.24, 2.45) is 0 Å². The summed E-state index contributed by atoms with van der Waals surface area (Å²) in [6, 6.07) is 0. The summed E-state index contributed by atoms with van der Waals surface area (Å²) in [7, 11) is -10.3. The first-order valence-corrected chi connectivity index (χ1v) is 4.00. The SMILES string of the molecule is O=S(=O)([O-])[O-].O=S(=O)([O-])[O-].[W].[Zr+4]. The van der Waals surface area contributed by atoms with Gasteiger partial charge in [0, 0.05) is 41.9 Å². The summed E-state index contributed by atoms with van der Waals surface area (Å²) in [5.41, 5.74) is 0. The summed E-state index contributed by atoms with van der Waals surface area (Å²) in [5.74, 6) is 0. The van der Waals surface area contributed by atoms with Crippen LogP contribution >= 0.6 is 0 Å². The van der Waals surface area contributed by atoms with Crippen molar-refractivity contribution >= 4 is 20.8 Å². The zero-order valence-corrected chi connectivity index (χ0v) is 12.0. The largest absolute Gasteiger partial charge is 4.00 e. The Labute approximate surface area is 102 Å². The minimum Gasteiger partial charge on any atom is -0.759 e. The van der Waals surface area contributed by atoms with E-state index in [0.717, 1.165) is 0 Å². The topological polar surface area (TPSA) is 161 Å². The van der Waals surface area contributed by atoms with Gasteiger partial charge in [-0.2, -0.15) is 0 Å². The van der Waals surface area contributed by atoms with E-state index in [1.807, 2.05) is 0 Å². The Bertz CT molecular complexity index is 213. The molecule has 0 saturated carbocycles. The molecule has 12 heavy (non-hydrogen) atoms. The fraction of sp³-hybridized carbons (Fsp3) is 0. The predicted octanol–water partition coefficient (Wildman–Crippen LogP) is -2.68. The molecule has 0 amide bonds. The number of rotatable bonds is 0. The Morgan fingerprint density at radius 3 is 0.667 bits per heavy atom. The molecule has 0 spiro atoms. The van der Waals surface area contributed by atoms with Crippen molar-refractivity contribution in [1.82, 2.24) is 0 Å². The van der Waals surface area contributed by atoms with Gasteiger partial charge in [0.05, 0.1) is 0 Å². The maximum Gasteiger partial charge on any atom is 4.00 e. The van der Waals surface area contributed by atoms with Gasteiger partial charge in [0.15, 0.2) is 0 Å². The van der Waals surface area contributed by atoms with Gasteiger partial charge in [0.25, 0.3) is 0 Å². The van der Waals surface area contributed by atoms with Crippen LogP contribution in [0, 0.1) is 0 Å². The van der Waals surface area contributed by atoms with Crippen molar-refractivity contribution in [3.05, 3.63) is 0 Å². The Morgan fingerprint density at radius 2 is 0.667 bits per heavy atom. The van der Waals surface area contributed by atoms with Crippen LogP contribution in [0.5, 0.6) is 0 Å². The molecule has 0 saturated heterocycles. The monoisotopic (exact) mass is 466 g/mol. The van der Waals surface area contributed by atoms with E-state index >= 15 is 0 Å². The summed E-state index contributed by atoms with van der Waals surface area (Å²) < 4.78 is 68.2. The Morgan fingerprint density at radius 1 is 0.667 bits per heavy atom.